The zero-order chi connectivity index (χ0) is 10.1. The summed E-state index contributed by atoms with van der Waals surface area (Å²) >= 11 is 5.87. The van der Waals surface area contributed by atoms with Gasteiger partial charge in [0.15, 0.2) is 5.15 Å². The maximum atomic E-state index is 13.4. The number of nitrogens with zero attached hydrogens (tertiary/aromatic N) is 2. The molecule has 4 heteroatoms. The monoisotopic (exact) mass is 210 g/mol. The summed E-state index contributed by atoms with van der Waals surface area (Å²) in [7, 11) is 0. The van der Waals surface area contributed by atoms with Gasteiger partial charge in [0.05, 0.1) is 6.20 Å². The van der Waals surface area contributed by atoms with Gasteiger partial charge >= 0.3 is 0 Å². The quantitative estimate of drug-likeness (QED) is 0.723. The topological polar surface area (TPSA) is 25.8 Å². The molecule has 1 heterocycles. The second kappa shape index (κ2) is 3.50. The fourth-order valence-electron chi connectivity index (χ4n) is 1.53. The molecule has 2 nitrogen and oxygen atoms in total. The molecule has 0 saturated carbocycles. The Morgan fingerprint density at radius 3 is 2.93 bits per heavy atom. The molecule has 1 aromatic heterocycles. The van der Waals surface area contributed by atoms with Gasteiger partial charge in [-0.25, -0.2) is 4.39 Å². The molecule has 0 atom stereocenters. The number of fused-ring (bicyclic) bond motifs is 1. The summed E-state index contributed by atoms with van der Waals surface area (Å²) in [4.78, 5) is 0. The van der Waals surface area contributed by atoms with Crippen LogP contribution in [0.5, 0.6) is 0 Å². The molecule has 0 radical (unpaired) electrons. The van der Waals surface area contributed by atoms with E-state index in [4.69, 9.17) is 11.6 Å². The highest BCUT2D eigenvalue weighted by Gasteiger charge is 2.09. The van der Waals surface area contributed by atoms with E-state index in [1.54, 1.807) is 12.3 Å². The average Bonchev–Trinajstić information content (AvgIpc) is 2.19. The summed E-state index contributed by atoms with van der Waals surface area (Å²) in [5.41, 5.74) is 0.599. The number of hydrogen-bond donors (Lipinski definition) is 0. The molecule has 72 valence electrons. The van der Waals surface area contributed by atoms with Gasteiger partial charge in [-0.15, -0.1) is 5.10 Å². The molecule has 0 aliphatic heterocycles. The van der Waals surface area contributed by atoms with Gasteiger partial charge < -0.3 is 0 Å². The van der Waals surface area contributed by atoms with E-state index < -0.39 is 0 Å². The normalized spacial score (nSPS) is 10.8. The number of rotatable bonds is 1. The van der Waals surface area contributed by atoms with Gasteiger partial charge in [-0.2, -0.15) is 5.10 Å². The van der Waals surface area contributed by atoms with E-state index in [2.05, 4.69) is 10.2 Å². The predicted molar refractivity (Wildman–Crippen MR) is 53.9 cm³/mol. The van der Waals surface area contributed by atoms with Gasteiger partial charge in [0.1, 0.15) is 5.82 Å². The van der Waals surface area contributed by atoms with Crippen molar-refractivity contribution in [1.82, 2.24) is 10.2 Å². The van der Waals surface area contributed by atoms with Crippen LogP contribution in [0, 0.1) is 5.82 Å². The van der Waals surface area contributed by atoms with Crippen molar-refractivity contribution in [1.29, 1.82) is 0 Å². The lowest BCUT2D eigenvalue weighted by Crippen LogP contribution is -1.93. The Bertz CT molecular complexity index is 485. The molecule has 2 rings (SSSR count). The number of aryl methyl sites for hydroxylation is 1. The van der Waals surface area contributed by atoms with Crippen molar-refractivity contribution in [2.45, 2.75) is 13.3 Å². The lowest BCUT2D eigenvalue weighted by Gasteiger charge is -2.05. The molecule has 0 amide bonds. The first-order chi connectivity index (χ1) is 6.74. The van der Waals surface area contributed by atoms with Crippen LogP contribution < -0.4 is 0 Å². The minimum Gasteiger partial charge on any atom is -0.207 e. The van der Waals surface area contributed by atoms with Gasteiger partial charge in [0.25, 0.3) is 0 Å². The number of hydrogen-bond acceptors (Lipinski definition) is 2. The summed E-state index contributed by atoms with van der Waals surface area (Å²) in [5.74, 6) is -0.241. The molecule has 0 aliphatic carbocycles. The molecule has 1 aromatic carbocycles. The second-order valence-corrected chi connectivity index (χ2v) is 3.34. The van der Waals surface area contributed by atoms with E-state index in [1.807, 2.05) is 6.92 Å². The Kier molecular flexibility index (Phi) is 2.33. The Morgan fingerprint density at radius 1 is 1.43 bits per heavy atom. The van der Waals surface area contributed by atoms with E-state index in [0.29, 0.717) is 17.4 Å². The average molecular weight is 211 g/mol. The molecule has 0 fully saturated rings. The van der Waals surface area contributed by atoms with Gasteiger partial charge in [-0.3, -0.25) is 0 Å². The van der Waals surface area contributed by atoms with Gasteiger partial charge in [0, 0.05) is 10.8 Å². The fraction of sp³-hybridized carbons (Fsp3) is 0.200. The smallest absolute Gasteiger partial charge is 0.159 e. The van der Waals surface area contributed by atoms with Crippen molar-refractivity contribution in [2.75, 3.05) is 0 Å². The maximum absolute atomic E-state index is 13.4. The summed E-state index contributed by atoms with van der Waals surface area (Å²) in [6, 6.07) is 3.09. The lowest BCUT2D eigenvalue weighted by molar-refractivity contribution is 0.615. The van der Waals surface area contributed by atoms with E-state index in [-0.39, 0.29) is 11.0 Å². The molecular weight excluding hydrogens is 203 g/mol. The van der Waals surface area contributed by atoms with Crippen molar-refractivity contribution < 1.29 is 4.39 Å². The first-order valence-corrected chi connectivity index (χ1v) is 4.70. The molecule has 2 aromatic rings. The van der Waals surface area contributed by atoms with Crippen molar-refractivity contribution in [3.63, 3.8) is 0 Å². The van der Waals surface area contributed by atoms with Crippen molar-refractivity contribution in [2.24, 2.45) is 0 Å². The molecular formula is C10H8ClFN2. The largest absolute Gasteiger partial charge is 0.207 e. The molecule has 0 unspecified atom stereocenters. The van der Waals surface area contributed by atoms with Crippen LogP contribution in [0.3, 0.4) is 0 Å². The summed E-state index contributed by atoms with van der Waals surface area (Å²) in [6.07, 6.45) is 2.18. The van der Waals surface area contributed by atoms with E-state index in [0.717, 1.165) is 5.39 Å². The highest BCUT2D eigenvalue weighted by molar-refractivity contribution is 6.34. The van der Waals surface area contributed by atoms with Crippen molar-refractivity contribution in [3.8, 4) is 0 Å². The third kappa shape index (κ3) is 1.34. The van der Waals surface area contributed by atoms with Crippen LogP contribution in [0.25, 0.3) is 10.8 Å². The van der Waals surface area contributed by atoms with Crippen LogP contribution >= 0.6 is 11.6 Å². The lowest BCUT2D eigenvalue weighted by atomic mass is 10.1. The highest BCUT2D eigenvalue weighted by atomic mass is 35.5. The van der Waals surface area contributed by atoms with Crippen LogP contribution in [0.1, 0.15) is 12.5 Å². The maximum Gasteiger partial charge on any atom is 0.159 e. The predicted octanol–water partition coefficient (Wildman–Crippen LogP) is 2.98. The van der Waals surface area contributed by atoms with E-state index in [9.17, 15) is 4.39 Å². The van der Waals surface area contributed by atoms with Crippen molar-refractivity contribution in [3.05, 3.63) is 34.9 Å². The fourth-order valence-corrected chi connectivity index (χ4v) is 1.80. The summed E-state index contributed by atoms with van der Waals surface area (Å²) in [6.45, 7) is 1.88. The molecule has 0 aliphatic rings. The Morgan fingerprint density at radius 2 is 2.21 bits per heavy atom. The molecule has 14 heavy (non-hydrogen) atoms. The van der Waals surface area contributed by atoms with Crippen molar-refractivity contribution >= 4 is 22.4 Å². The molecule has 0 spiro atoms. The van der Waals surface area contributed by atoms with Crippen LogP contribution in [-0.4, -0.2) is 10.2 Å². The van der Waals surface area contributed by atoms with Gasteiger partial charge in [-0.1, -0.05) is 18.5 Å². The Hall–Kier alpha value is -1.22. The minimum absolute atomic E-state index is 0.241. The standard InChI is InChI=1S/C10H8ClFN2/c1-2-7-8(12)4-3-6-5-13-14-10(11)9(6)7/h3-5H,2H2,1H3. The SMILES string of the molecule is CCc1c(F)ccc2cnnc(Cl)c12. The van der Waals surface area contributed by atoms with Crippen LogP contribution in [0.2, 0.25) is 5.15 Å². The second-order valence-electron chi connectivity index (χ2n) is 2.98. The molecule has 0 bridgehead atoms. The van der Waals surface area contributed by atoms with E-state index in [1.165, 1.54) is 6.07 Å². The number of aromatic nitrogens is 2. The number of benzene rings is 1. The van der Waals surface area contributed by atoms with Gasteiger partial charge in [0.2, 0.25) is 0 Å². The highest BCUT2D eigenvalue weighted by Crippen LogP contribution is 2.26. The van der Waals surface area contributed by atoms with Crippen LogP contribution in [0.15, 0.2) is 18.3 Å². The summed E-state index contributed by atoms with van der Waals surface area (Å²) < 4.78 is 13.4. The van der Waals surface area contributed by atoms with Crippen LogP contribution in [-0.2, 0) is 6.42 Å². The third-order valence-corrected chi connectivity index (χ3v) is 2.45. The summed E-state index contributed by atoms with van der Waals surface area (Å²) in [5, 5.41) is 9.17. The van der Waals surface area contributed by atoms with E-state index >= 15 is 0 Å². The number of halogens is 2. The molecule has 0 saturated heterocycles. The van der Waals surface area contributed by atoms with Crippen LogP contribution in [0.4, 0.5) is 4.39 Å². The Labute approximate surface area is 85.7 Å². The zero-order valence-electron chi connectivity index (χ0n) is 7.59. The molecule has 0 N–H and O–H groups in total. The first kappa shape index (κ1) is 9.34. The Balaban J connectivity index is 2.91. The van der Waals surface area contributed by atoms with Gasteiger partial charge in [-0.05, 0) is 24.1 Å². The zero-order valence-corrected chi connectivity index (χ0v) is 8.35. The first-order valence-electron chi connectivity index (χ1n) is 4.32. The third-order valence-electron chi connectivity index (χ3n) is 2.19. The minimum atomic E-state index is -0.241.